The van der Waals surface area contributed by atoms with Gasteiger partial charge in [0.25, 0.3) is 0 Å². The molecule has 0 N–H and O–H groups in total. The molecule has 0 fully saturated rings. The largest absolute Gasteiger partial charge is 0.310 e. The predicted octanol–water partition coefficient (Wildman–Crippen LogP) is 32.0. The number of anilines is 6. The summed E-state index contributed by atoms with van der Waals surface area (Å²) in [7, 11) is 0. The Hall–Kier alpha value is -9.84. The van der Waals surface area contributed by atoms with Gasteiger partial charge in [0.1, 0.15) is 0 Å². The van der Waals surface area contributed by atoms with E-state index in [0.717, 1.165) is 55.9 Å². The Balaban J connectivity index is 0.817. The van der Waals surface area contributed by atoms with E-state index in [1.807, 2.05) is 0 Å². The van der Waals surface area contributed by atoms with E-state index in [4.69, 9.17) is 0 Å². The van der Waals surface area contributed by atoms with E-state index in [9.17, 15) is 0 Å². The Morgan fingerprint density at radius 1 is 0.283 bits per heavy atom. The summed E-state index contributed by atoms with van der Waals surface area (Å²) in [6.07, 6.45) is 14.7. The van der Waals surface area contributed by atoms with Gasteiger partial charge in [0, 0.05) is 43.1 Å². The number of hydrogen-bond donors (Lipinski definition) is 0. The molecule has 0 amide bonds. The van der Waals surface area contributed by atoms with Gasteiger partial charge in [-0.1, -0.05) is 307 Å². The fourth-order valence-corrected chi connectivity index (χ4v) is 16.7. The number of hydrogen-bond acceptors (Lipinski definition) is 2. The highest BCUT2D eigenvalue weighted by molar-refractivity contribution is 9.10. The smallest absolute Gasteiger partial charge is 0.0464 e. The fourth-order valence-electron chi connectivity index (χ4n) is 16.2. The van der Waals surface area contributed by atoms with Crippen LogP contribution in [-0.4, -0.2) is 0 Å². The lowest BCUT2D eigenvalue weighted by atomic mass is 9.82. The summed E-state index contributed by atoms with van der Waals surface area (Å²) in [5.74, 6) is 1.11. The monoisotopic (exact) mass is 1510 g/mol. The maximum Gasteiger partial charge on any atom is 0.0464 e. The van der Waals surface area contributed by atoms with Crippen molar-refractivity contribution in [1.82, 2.24) is 0 Å². The third-order valence-electron chi connectivity index (χ3n) is 22.4. The van der Waals surface area contributed by atoms with Gasteiger partial charge in [0.15, 0.2) is 0 Å². The Morgan fingerprint density at radius 3 is 0.906 bits per heavy atom. The van der Waals surface area contributed by atoms with Gasteiger partial charge in [0.2, 0.25) is 0 Å². The van der Waals surface area contributed by atoms with E-state index >= 15 is 0 Å². The molecule has 0 aromatic heterocycles. The Morgan fingerprint density at radius 2 is 0.575 bits per heavy atom. The lowest BCUT2D eigenvalue weighted by molar-refractivity contribution is 0.580. The van der Waals surface area contributed by atoms with Crippen molar-refractivity contribution in [2.75, 3.05) is 9.80 Å². The molecule has 14 aromatic carbocycles. The molecule has 0 saturated carbocycles. The molecule has 0 aliphatic rings. The van der Waals surface area contributed by atoms with Crippen LogP contribution in [0, 0.1) is 13.8 Å². The number of nitrogens with zero attached hydrogens (tertiary/aromatic N) is 2. The molecule has 4 heteroatoms. The average Bonchev–Trinajstić information content (AvgIpc) is 0.739. The van der Waals surface area contributed by atoms with Crippen molar-refractivity contribution in [2.24, 2.45) is 0 Å². The fraction of sp³-hybridized carbons (Fsp3) is 0.216. The topological polar surface area (TPSA) is 6.48 Å². The summed E-state index contributed by atoms with van der Waals surface area (Å²) in [6, 6.07) is 110. The molecular formula is C102H98Br2N2. The zero-order valence-corrected chi connectivity index (χ0v) is 66.2. The first-order valence-electron chi connectivity index (χ1n) is 38.9. The normalized spacial score (nSPS) is 12.1. The third-order valence-corrected chi connectivity index (χ3v) is 23.4. The van der Waals surface area contributed by atoms with Crippen LogP contribution in [0.5, 0.6) is 0 Å². The van der Waals surface area contributed by atoms with Crippen LogP contribution < -0.4 is 9.80 Å². The minimum atomic E-state index is 0.553. The zero-order valence-electron chi connectivity index (χ0n) is 63.0. The SMILES string of the molecule is CCCCCCC(C)c1ccc(-c2ccc(N(c3ccc(-c4ccc(Br)cc4)cc3)c3ccc(-c4cc5ccccc5c(-c5c(C)c(-c6ccc(N(c7ccc(-c8ccc(Br)cc8)cc7)c7ccc(-c8ccc(C(C)CCCCCC)cc8)c(CC)c7)cc6)cc6ccccc56)c4C)cc3)cc2CC)cc1. The molecule has 14 rings (SSSR count). The second-order valence-corrected chi connectivity index (χ2v) is 31.1. The molecule has 0 heterocycles. The number of halogens is 2. The highest BCUT2D eigenvalue weighted by atomic mass is 79.9. The average molecular weight is 1510 g/mol. The van der Waals surface area contributed by atoms with Crippen LogP contribution in [0.15, 0.2) is 300 Å². The molecule has 0 aliphatic heterocycles. The first kappa shape index (κ1) is 73.1. The maximum absolute atomic E-state index is 3.65. The predicted molar refractivity (Wildman–Crippen MR) is 467 cm³/mol. The minimum absolute atomic E-state index is 0.553. The van der Waals surface area contributed by atoms with E-state index < -0.39 is 0 Å². The summed E-state index contributed by atoms with van der Waals surface area (Å²) in [5.41, 5.74) is 31.9. The number of rotatable bonds is 27. The van der Waals surface area contributed by atoms with Crippen LogP contribution in [0.4, 0.5) is 34.1 Å². The van der Waals surface area contributed by atoms with E-state index in [1.165, 1.54) is 197 Å². The van der Waals surface area contributed by atoms with Crippen molar-refractivity contribution in [1.29, 1.82) is 0 Å². The van der Waals surface area contributed by atoms with Crippen molar-refractivity contribution in [3.8, 4) is 77.9 Å². The maximum atomic E-state index is 3.65. The van der Waals surface area contributed by atoms with Gasteiger partial charge in [-0.25, -0.2) is 0 Å². The second kappa shape index (κ2) is 33.7. The Labute approximate surface area is 648 Å². The van der Waals surface area contributed by atoms with Crippen molar-refractivity contribution in [3.63, 3.8) is 0 Å². The van der Waals surface area contributed by atoms with Crippen LogP contribution in [0.3, 0.4) is 0 Å². The van der Waals surface area contributed by atoms with E-state index in [0.29, 0.717) is 11.8 Å². The molecule has 2 unspecified atom stereocenters. The molecule has 2 atom stereocenters. The molecule has 0 radical (unpaired) electrons. The molecule has 0 saturated heterocycles. The Bertz CT molecular complexity index is 4970. The standard InChI is InChI=1S/C102H98Br2N2/c1-9-13-15-17-23-69(5)75-29-33-81(34-30-75)95-63-61-93(65-73(95)11-3)105(89-53-41-79(42-54-89)77-37-49-87(103)50-38-77)91-57-45-83(46-58-91)99-67-85-25-19-21-27-97(85)101(71(99)7)102-72(8)100(68-86-26-20-22-28-98(86)102)84-47-59-92(60-48-84)106(90-55-43-80(44-56-90)78-39-51-88(104)52-40-78)94-62-64-96(74(12-4)66-94)82-35-31-76(32-36-82)70(6)24-18-16-14-10-2/h19-22,25-70H,9-18,23-24H2,1-8H3. The molecular weight excluding hydrogens is 1410 g/mol. The van der Waals surface area contributed by atoms with Crippen molar-refractivity contribution in [3.05, 3.63) is 334 Å². The molecule has 14 aromatic rings. The van der Waals surface area contributed by atoms with E-state index in [-0.39, 0.29) is 0 Å². The molecule has 2 nitrogen and oxygen atoms in total. The first-order valence-corrected chi connectivity index (χ1v) is 40.5. The Kier molecular flexibility index (Phi) is 23.3. The number of fused-ring (bicyclic) bond motifs is 2. The number of benzene rings is 14. The van der Waals surface area contributed by atoms with Crippen LogP contribution in [-0.2, 0) is 12.8 Å². The van der Waals surface area contributed by atoms with Crippen molar-refractivity contribution < 1.29 is 0 Å². The van der Waals surface area contributed by atoms with Crippen molar-refractivity contribution >= 4 is 87.5 Å². The molecule has 530 valence electrons. The molecule has 0 spiro atoms. The number of aryl methyl sites for hydroxylation is 2. The molecule has 106 heavy (non-hydrogen) atoms. The molecule has 0 aliphatic carbocycles. The second-order valence-electron chi connectivity index (χ2n) is 29.3. The summed E-state index contributed by atoms with van der Waals surface area (Å²) in [5, 5.41) is 4.92. The minimum Gasteiger partial charge on any atom is -0.310 e. The van der Waals surface area contributed by atoms with Gasteiger partial charge in [-0.15, -0.1) is 0 Å². The lowest BCUT2D eigenvalue weighted by Crippen LogP contribution is -2.10. The van der Waals surface area contributed by atoms with Crippen LogP contribution in [0.1, 0.15) is 151 Å². The van der Waals surface area contributed by atoms with E-state index in [1.54, 1.807) is 0 Å². The summed E-state index contributed by atoms with van der Waals surface area (Å²) >= 11 is 7.30. The van der Waals surface area contributed by atoms with Gasteiger partial charge < -0.3 is 9.80 Å². The van der Waals surface area contributed by atoms with Gasteiger partial charge in [-0.05, 0) is 293 Å². The summed E-state index contributed by atoms with van der Waals surface area (Å²) in [6.45, 7) is 18.6. The van der Waals surface area contributed by atoms with Crippen LogP contribution >= 0.6 is 31.9 Å². The van der Waals surface area contributed by atoms with Crippen LogP contribution in [0.2, 0.25) is 0 Å². The summed E-state index contributed by atoms with van der Waals surface area (Å²) in [4.78, 5) is 4.87. The highest BCUT2D eigenvalue weighted by Gasteiger charge is 2.24. The molecule has 0 bridgehead atoms. The van der Waals surface area contributed by atoms with Crippen LogP contribution in [0.25, 0.3) is 99.4 Å². The zero-order chi connectivity index (χ0) is 73.2. The van der Waals surface area contributed by atoms with Gasteiger partial charge in [-0.2, -0.15) is 0 Å². The highest BCUT2D eigenvalue weighted by Crippen LogP contribution is 2.48. The number of unbranched alkanes of at least 4 members (excludes halogenated alkanes) is 6. The summed E-state index contributed by atoms with van der Waals surface area (Å²) < 4.78 is 2.15. The van der Waals surface area contributed by atoms with Crippen molar-refractivity contribution in [2.45, 2.75) is 144 Å². The van der Waals surface area contributed by atoms with Gasteiger partial charge >= 0.3 is 0 Å². The lowest BCUT2D eigenvalue weighted by Gasteiger charge is -2.27. The van der Waals surface area contributed by atoms with Gasteiger partial charge in [-0.3, -0.25) is 0 Å². The van der Waals surface area contributed by atoms with Gasteiger partial charge in [0.05, 0.1) is 0 Å². The third kappa shape index (κ3) is 16.0. The quantitative estimate of drug-likeness (QED) is 0.0474. The first-order chi connectivity index (χ1) is 51.9. The van der Waals surface area contributed by atoms with E-state index in [2.05, 4.69) is 388 Å².